The van der Waals surface area contributed by atoms with E-state index in [4.69, 9.17) is 0 Å². The molecule has 0 radical (unpaired) electrons. The predicted molar refractivity (Wildman–Crippen MR) is 177 cm³/mol. The van der Waals surface area contributed by atoms with E-state index in [1.165, 1.54) is 0 Å². The van der Waals surface area contributed by atoms with Crippen molar-refractivity contribution in [2.75, 3.05) is 0 Å². The van der Waals surface area contributed by atoms with E-state index >= 15 is 0 Å². The Morgan fingerprint density at radius 2 is 0.542 bits per heavy atom. The summed E-state index contributed by atoms with van der Waals surface area (Å²) in [6, 6.07) is 33.6. The highest BCUT2D eigenvalue weighted by molar-refractivity contribution is 6.11. The number of nitrogens with zero attached hydrogens (tertiary/aromatic N) is 6. The Bertz CT molecular complexity index is 1910. The maximum absolute atomic E-state index is 13.6. The molecule has 0 amide bonds. The van der Waals surface area contributed by atoms with Crippen molar-refractivity contribution in [3.05, 3.63) is 184 Å². The van der Waals surface area contributed by atoms with Crippen LogP contribution < -0.4 is 0 Å². The van der Waals surface area contributed by atoms with E-state index < -0.39 is 23.1 Å². The smallest absolute Gasteiger partial charge is 0.230 e. The first-order valence-electron chi connectivity index (χ1n) is 14.9. The number of hydrogen-bond acceptors (Lipinski definition) is 10. The van der Waals surface area contributed by atoms with Gasteiger partial charge in [-0.2, -0.15) is 0 Å². The standard InChI is InChI=1S/C38H26N6O4/c1-23(2)28(33-39-35(29(45)24-15-7-3-8-16-24)43-36(40-33)30(46)25-17-9-4-10-18-25)34-41-37(31(47)26-19-11-5-12-20-26)44-38(42-34)32(48)27-21-13-6-14-22-27/h3-22H,1-2H3. The average molecular weight is 631 g/mol. The zero-order valence-corrected chi connectivity index (χ0v) is 25.9. The van der Waals surface area contributed by atoms with Crippen molar-refractivity contribution >= 4 is 28.7 Å². The Hall–Kier alpha value is -6.68. The van der Waals surface area contributed by atoms with Crippen LogP contribution in [0.4, 0.5) is 0 Å². The quantitative estimate of drug-likeness (QED) is 0.170. The van der Waals surface area contributed by atoms with Crippen LogP contribution in [-0.2, 0) is 0 Å². The van der Waals surface area contributed by atoms with Crippen molar-refractivity contribution in [2.24, 2.45) is 0 Å². The normalized spacial score (nSPS) is 10.6. The third-order valence-corrected chi connectivity index (χ3v) is 7.17. The van der Waals surface area contributed by atoms with Crippen LogP contribution in [0.3, 0.4) is 0 Å². The summed E-state index contributed by atoms with van der Waals surface area (Å²) >= 11 is 0. The maximum atomic E-state index is 13.6. The summed E-state index contributed by atoms with van der Waals surface area (Å²) in [5.74, 6) is -3.44. The summed E-state index contributed by atoms with van der Waals surface area (Å²) in [5, 5.41) is 0. The molecule has 0 aliphatic carbocycles. The lowest BCUT2D eigenvalue weighted by molar-refractivity contribution is 0.100. The van der Waals surface area contributed by atoms with Crippen LogP contribution in [0.2, 0.25) is 0 Å². The molecule has 0 fully saturated rings. The number of carbonyl (C=O) groups is 4. The summed E-state index contributed by atoms with van der Waals surface area (Å²) < 4.78 is 0. The van der Waals surface area contributed by atoms with Gasteiger partial charge in [0, 0.05) is 22.3 Å². The van der Waals surface area contributed by atoms with E-state index in [1.54, 1.807) is 135 Å². The fraction of sp³-hybridized carbons (Fsp3) is 0.0526. The first-order chi connectivity index (χ1) is 23.3. The molecular weight excluding hydrogens is 604 g/mol. The minimum absolute atomic E-state index is 0.0917. The molecule has 0 aliphatic heterocycles. The summed E-state index contributed by atoms with van der Waals surface area (Å²) in [6.45, 7) is 3.47. The topological polar surface area (TPSA) is 146 Å². The van der Waals surface area contributed by atoms with Crippen molar-refractivity contribution in [1.82, 2.24) is 29.9 Å². The largest absolute Gasteiger partial charge is 0.285 e. The second-order valence-electron chi connectivity index (χ2n) is 10.8. The number of benzene rings is 4. The molecule has 48 heavy (non-hydrogen) atoms. The summed E-state index contributed by atoms with van der Waals surface area (Å²) in [7, 11) is 0. The van der Waals surface area contributed by atoms with Crippen LogP contribution in [-0.4, -0.2) is 53.0 Å². The van der Waals surface area contributed by atoms with Crippen molar-refractivity contribution in [2.45, 2.75) is 13.8 Å². The highest BCUT2D eigenvalue weighted by Crippen LogP contribution is 2.24. The van der Waals surface area contributed by atoms with Crippen LogP contribution in [0, 0.1) is 0 Å². The van der Waals surface area contributed by atoms with Gasteiger partial charge in [0.15, 0.2) is 11.6 Å². The monoisotopic (exact) mass is 630 g/mol. The van der Waals surface area contributed by atoms with E-state index in [0.29, 0.717) is 27.8 Å². The Labute approximate surface area is 275 Å². The Morgan fingerprint density at radius 3 is 0.750 bits per heavy atom. The van der Waals surface area contributed by atoms with Crippen molar-refractivity contribution in [3.8, 4) is 0 Å². The van der Waals surface area contributed by atoms with E-state index in [9.17, 15) is 19.2 Å². The molecule has 0 saturated heterocycles. The fourth-order valence-corrected chi connectivity index (χ4v) is 4.80. The Morgan fingerprint density at radius 1 is 0.333 bits per heavy atom. The van der Waals surface area contributed by atoms with Crippen LogP contribution >= 0.6 is 0 Å². The lowest BCUT2D eigenvalue weighted by atomic mass is 10.1. The van der Waals surface area contributed by atoms with E-state index in [-0.39, 0.29) is 40.5 Å². The second kappa shape index (κ2) is 13.8. The molecule has 0 saturated carbocycles. The molecule has 10 heteroatoms. The molecule has 6 rings (SSSR count). The number of carbonyl (C=O) groups excluding carboxylic acids is 4. The molecule has 232 valence electrons. The molecule has 0 spiro atoms. The molecule has 2 heterocycles. The maximum Gasteiger partial charge on any atom is 0.230 e. The molecule has 4 aromatic carbocycles. The Balaban J connectivity index is 1.56. The number of allylic oxidation sites excluding steroid dienone is 1. The third kappa shape index (κ3) is 6.63. The molecule has 10 nitrogen and oxygen atoms in total. The van der Waals surface area contributed by atoms with Gasteiger partial charge in [-0.05, 0) is 13.8 Å². The van der Waals surface area contributed by atoms with Crippen molar-refractivity contribution < 1.29 is 19.2 Å². The van der Waals surface area contributed by atoms with Crippen LogP contribution in [0.15, 0.2) is 127 Å². The van der Waals surface area contributed by atoms with Gasteiger partial charge in [0.1, 0.15) is 0 Å². The Kier molecular flexibility index (Phi) is 8.97. The van der Waals surface area contributed by atoms with Crippen LogP contribution in [0.25, 0.3) is 5.57 Å². The average Bonchev–Trinajstić information content (AvgIpc) is 3.14. The SMILES string of the molecule is CC(C)=C(c1nc(C(=O)c2ccccc2)nc(C(=O)c2ccccc2)n1)c1nc(C(=O)c2ccccc2)nc(C(=O)c2ccccc2)n1. The lowest BCUT2D eigenvalue weighted by Crippen LogP contribution is -2.20. The fourth-order valence-electron chi connectivity index (χ4n) is 4.80. The van der Waals surface area contributed by atoms with Gasteiger partial charge in [0.05, 0.1) is 5.57 Å². The second-order valence-corrected chi connectivity index (χ2v) is 10.8. The van der Waals surface area contributed by atoms with Gasteiger partial charge < -0.3 is 0 Å². The zero-order valence-electron chi connectivity index (χ0n) is 25.9. The van der Waals surface area contributed by atoms with Gasteiger partial charge in [-0.15, -0.1) is 0 Å². The van der Waals surface area contributed by atoms with Gasteiger partial charge in [-0.1, -0.05) is 127 Å². The minimum Gasteiger partial charge on any atom is -0.285 e. The van der Waals surface area contributed by atoms with Gasteiger partial charge in [0.25, 0.3) is 0 Å². The van der Waals surface area contributed by atoms with Crippen molar-refractivity contribution in [1.29, 1.82) is 0 Å². The number of rotatable bonds is 10. The van der Waals surface area contributed by atoms with E-state index in [0.717, 1.165) is 0 Å². The molecule has 2 aromatic heterocycles. The van der Waals surface area contributed by atoms with Gasteiger partial charge in [0.2, 0.25) is 46.4 Å². The summed E-state index contributed by atoms with van der Waals surface area (Å²) in [5.41, 5.74) is 1.97. The number of ketones is 4. The van der Waals surface area contributed by atoms with Crippen molar-refractivity contribution in [3.63, 3.8) is 0 Å². The summed E-state index contributed by atoms with van der Waals surface area (Å²) in [4.78, 5) is 81.1. The van der Waals surface area contributed by atoms with Gasteiger partial charge in [-0.25, -0.2) is 29.9 Å². The summed E-state index contributed by atoms with van der Waals surface area (Å²) in [6.07, 6.45) is 0. The molecule has 6 aromatic rings. The molecule has 0 bridgehead atoms. The highest BCUT2D eigenvalue weighted by atomic mass is 16.1. The van der Waals surface area contributed by atoms with E-state index in [1.807, 2.05) is 0 Å². The molecule has 0 atom stereocenters. The van der Waals surface area contributed by atoms with Crippen LogP contribution in [0.5, 0.6) is 0 Å². The van der Waals surface area contributed by atoms with E-state index in [2.05, 4.69) is 29.9 Å². The number of hydrogen-bond donors (Lipinski definition) is 0. The molecule has 0 aliphatic rings. The lowest BCUT2D eigenvalue weighted by Gasteiger charge is -2.12. The highest BCUT2D eigenvalue weighted by Gasteiger charge is 2.27. The third-order valence-electron chi connectivity index (χ3n) is 7.17. The molecule has 0 unspecified atom stereocenters. The van der Waals surface area contributed by atoms with Gasteiger partial charge >= 0.3 is 0 Å². The minimum atomic E-state index is -0.537. The first kappa shape index (κ1) is 31.3. The number of aromatic nitrogens is 6. The molecule has 0 N–H and O–H groups in total. The zero-order chi connectivity index (χ0) is 33.6. The van der Waals surface area contributed by atoms with Crippen LogP contribution in [0.1, 0.15) is 90.2 Å². The van der Waals surface area contributed by atoms with Gasteiger partial charge in [-0.3, -0.25) is 19.2 Å². The molecular formula is C38H26N6O4. The predicted octanol–water partition coefficient (Wildman–Crippen LogP) is 5.82. The first-order valence-corrected chi connectivity index (χ1v) is 14.9.